The van der Waals surface area contributed by atoms with Gasteiger partial charge in [0.1, 0.15) is 11.1 Å². The van der Waals surface area contributed by atoms with Crippen LogP contribution in [0, 0.1) is 12.3 Å². The predicted octanol–water partition coefficient (Wildman–Crippen LogP) is 13.8. The number of fused-ring (bicyclic) bond motifs is 14. The highest BCUT2D eigenvalue weighted by Crippen LogP contribution is 2.52. The van der Waals surface area contributed by atoms with E-state index in [9.17, 15) is 0 Å². The average Bonchev–Trinajstić information content (AvgIpc) is 4.01. The van der Waals surface area contributed by atoms with Crippen LogP contribution in [0.4, 0.5) is 33.4 Å². The Bertz CT molecular complexity index is 3530. The molecular formula is C56H50BN3OS. The van der Waals surface area contributed by atoms with Crippen LogP contribution in [0.3, 0.4) is 0 Å². The number of hydrogen-bond acceptors (Lipinski definition) is 4. The lowest BCUT2D eigenvalue weighted by atomic mass is 9.33. The minimum atomic E-state index is 0.0435. The molecule has 0 radical (unpaired) electrons. The molecule has 0 spiro atoms. The first-order chi connectivity index (χ1) is 29.6. The van der Waals surface area contributed by atoms with Gasteiger partial charge in [-0.15, -0.1) is 11.3 Å². The fourth-order valence-corrected chi connectivity index (χ4v) is 13.2. The first-order valence-electron chi connectivity index (χ1n) is 22.4. The van der Waals surface area contributed by atoms with E-state index in [1.165, 1.54) is 93.7 Å². The van der Waals surface area contributed by atoms with Crippen LogP contribution in [0.25, 0.3) is 49.3 Å². The van der Waals surface area contributed by atoms with E-state index in [1.54, 1.807) is 10.4 Å². The Kier molecular flexibility index (Phi) is 7.05. The van der Waals surface area contributed by atoms with Crippen LogP contribution in [-0.4, -0.2) is 11.1 Å². The number of para-hydroxylation sites is 2. The summed E-state index contributed by atoms with van der Waals surface area (Å²) in [4.78, 5) is 6.74. The highest BCUT2D eigenvalue weighted by Gasteiger charge is 2.48. The molecule has 62 heavy (non-hydrogen) atoms. The van der Waals surface area contributed by atoms with Crippen LogP contribution in [-0.2, 0) is 23.7 Å². The minimum absolute atomic E-state index is 0.0435. The monoisotopic (exact) mass is 823 g/mol. The summed E-state index contributed by atoms with van der Waals surface area (Å²) in [5.74, 6) is 0. The van der Waals surface area contributed by atoms with Gasteiger partial charge in [-0.1, -0.05) is 110 Å². The second-order valence-corrected chi connectivity index (χ2v) is 22.5. The van der Waals surface area contributed by atoms with Gasteiger partial charge in [0.2, 0.25) is 0 Å². The molecule has 4 nitrogen and oxygen atoms in total. The van der Waals surface area contributed by atoms with Gasteiger partial charge in [-0.25, -0.2) is 0 Å². The molecule has 304 valence electrons. The molecule has 3 aliphatic rings. The molecule has 0 N–H and O–H groups in total. The van der Waals surface area contributed by atoms with Crippen LogP contribution in [0.5, 0.6) is 0 Å². The molecule has 10 aromatic rings. The van der Waals surface area contributed by atoms with Crippen molar-refractivity contribution in [3.63, 3.8) is 0 Å². The summed E-state index contributed by atoms with van der Waals surface area (Å²) < 4.78 is 9.65. The minimum Gasteiger partial charge on any atom is -0.454 e. The number of nitrogens with zero attached hydrogens (tertiary/aromatic N) is 3. The molecular weight excluding hydrogens is 774 g/mol. The SMILES string of the molecule is Cc1cc2c3c(c1)N(c1ccc(C(C)(C)C)cc1)c1sc4c(c1B3c1cc3oc5c6cccc7c8ccccc8n(c76)c5c3cc1N2c1ccc(C(C)(C)C)cc1)CC(C)(C)C4. The molecule has 0 atom stereocenters. The van der Waals surface area contributed by atoms with Crippen molar-refractivity contribution in [2.45, 2.75) is 86.0 Å². The van der Waals surface area contributed by atoms with E-state index in [1.807, 2.05) is 11.3 Å². The van der Waals surface area contributed by atoms with E-state index in [2.05, 4.69) is 192 Å². The van der Waals surface area contributed by atoms with E-state index in [0.717, 1.165) is 34.9 Å². The molecule has 0 bridgehead atoms. The highest BCUT2D eigenvalue weighted by molar-refractivity contribution is 7.20. The zero-order valence-electron chi connectivity index (χ0n) is 37.1. The summed E-state index contributed by atoms with van der Waals surface area (Å²) in [6.45, 7) is 21.0. The van der Waals surface area contributed by atoms with E-state index in [0.29, 0.717) is 0 Å². The van der Waals surface area contributed by atoms with Crippen LogP contribution < -0.4 is 26.2 Å². The second-order valence-electron chi connectivity index (χ2n) is 21.4. The Labute approximate surface area is 367 Å². The topological polar surface area (TPSA) is 24.0 Å². The van der Waals surface area contributed by atoms with Gasteiger partial charge in [0, 0.05) is 54.9 Å². The number of hydrogen-bond donors (Lipinski definition) is 0. The van der Waals surface area contributed by atoms with Crippen molar-refractivity contribution in [3.05, 3.63) is 142 Å². The fraction of sp³-hybridized carbons (Fsp3) is 0.250. The third kappa shape index (κ3) is 4.85. The number of thiophene rings is 1. The zero-order chi connectivity index (χ0) is 42.4. The number of aromatic nitrogens is 1. The number of furan rings is 1. The van der Waals surface area contributed by atoms with Gasteiger partial charge >= 0.3 is 0 Å². The van der Waals surface area contributed by atoms with Crippen molar-refractivity contribution < 1.29 is 4.42 Å². The van der Waals surface area contributed by atoms with Crippen LogP contribution in [0.2, 0.25) is 0 Å². The van der Waals surface area contributed by atoms with Crippen molar-refractivity contribution >= 4 is 117 Å². The maximum absolute atomic E-state index is 7.18. The molecule has 2 aliphatic heterocycles. The normalized spacial score (nSPS) is 15.7. The van der Waals surface area contributed by atoms with Gasteiger partial charge < -0.3 is 18.6 Å². The summed E-state index contributed by atoms with van der Waals surface area (Å²) >= 11 is 2.03. The summed E-state index contributed by atoms with van der Waals surface area (Å²) in [7, 11) is 0. The van der Waals surface area contributed by atoms with Crippen molar-refractivity contribution in [2.24, 2.45) is 5.41 Å². The number of benzene rings is 6. The maximum atomic E-state index is 7.18. The molecule has 13 rings (SSSR count). The van der Waals surface area contributed by atoms with E-state index in [4.69, 9.17) is 4.42 Å². The van der Waals surface area contributed by atoms with Crippen molar-refractivity contribution in [2.75, 3.05) is 9.80 Å². The van der Waals surface area contributed by atoms with Gasteiger partial charge in [0.25, 0.3) is 6.71 Å². The van der Waals surface area contributed by atoms with Crippen molar-refractivity contribution in [1.82, 2.24) is 4.40 Å². The summed E-state index contributed by atoms with van der Waals surface area (Å²) in [6.07, 6.45) is 2.18. The maximum Gasteiger partial charge on any atom is 0.253 e. The van der Waals surface area contributed by atoms with Crippen molar-refractivity contribution in [1.29, 1.82) is 0 Å². The van der Waals surface area contributed by atoms with Gasteiger partial charge in [0.05, 0.1) is 16.0 Å². The molecule has 6 heterocycles. The molecule has 0 fully saturated rings. The summed E-state index contributed by atoms with van der Waals surface area (Å²) in [6, 6.07) is 44.2. The van der Waals surface area contributed by atoms with Crippen LogP contribution in [0.1, 0.15) is 82.5 Å². The number of anilines is 6. The van der Waals surface area contributed by atoms with E-state index < -0.39 is 0 Å². The van der Waals surface area contributed by atoms with Crippen LogP contribution >= 0.6 is 11.3 Å². The van der Waals surface area contributed by atoms with Crippen molar-refractivity contribution in [3.8, 4) is 0 Å². The molecule has 0 saturated heterocycles. The Morgan fingerprint density at radius 2 is 1.24 bits per heavy atom. The largest absolute Gasteiger partial charge is 0.454 e. The number of aryl methyl sites for hydroxylation is 1. The Balaban J connectivity index is 1.14. The third-order valence-electron chi connectivity index (χ3n) is 14.5. The first kappa shape index (κ1) is 36.7. The molecule has 1 aliphatic carbocycles. The van der Waals surface area contributed by atoms with Gasteiger partial charge in [0.15, 0.2) is 5.58 Å². The lowest BCUT2D eigenvalue weighted by Gasteiger charge is -2.43. The van der Waals surface area contributed by atoms with Gasteiger partial charge in [-0.2, -0.15) is 0 Å². The Hall–Kier alpha value is -5.98. The predicted molar refractivity (Wildman–Crippen MR) is 266 cm³/mol. The smallest absolute Gasteiger partial charge is 0.253 e. The third-order valence-corrected chi connectivity index (χ3v) is 15.7. The zero-order valence-corrected chi connectivity index (χ0v) is 37.9. The first-order valence-corrected chi connectivity index (χ1v) is 23.2. The van der Waals surface area contributed by atoms with E-state index >= 15 is 0 Å². The molecule has 0 amide bonds. The summed E-state index contributed by atoms with van der Waals surface area (Å²) in [5, 5.41) is 6.24. The van der Waals surface area contributed by atoms with Crippen LogP contribution in [0.15, 0.2) is 120 Å². The molecule has 0 saturated carbocycles. The average molecular weight is 824 g/mol. The number of rotatable bonds is 2. The Morgan fingerprint density at radius 1 is 0.613 bits per heavy atom. The lowest BCUT2D eigenvalue weighted by Crippen LogP contribution is -2.61. The molecule has 6 aromatic carbocycles. The quantitative estimate of drug-likeness (QED) is 0.162. The lowest BCUT2D eigenvalue weighted by molar-refractivity contribution is 0.394. The van der Waals surface area contributed by atoms with Gasteiger partial charge in [-0.05, 0) is 135 Å². The standard InChI is InChI=1S/C56H50BN3OS/c1-31-25-44-49-45(26-31)59(35-23-19-33(20-24-35)55(5,6)7)53-48(40-29-56(8,9)30-47(40)62-53)57(49)41-28-46-39(27-43(41)58(44)34-21-17-32(18-22-34)54(2,3)4)51-52(61-46)38-15-12-14-37-36-13-10-11-16-42(36)60(51)50(37)38/h10-28H,29-30H2,1-9H3. The highest BCUT2D eigenvalue weighted by atomic mass is 32.1. The van der Waals surface area contributed by atoms with E-state index in [-0.39, 0.29) is 23.0 Å². The summed E-state index contributed by atoms with van der Waals surface area (Å²) in [5.41, 5.74) is 21.7. The molecule has 0 unspecified atom stereocenters. The molecule has 4 aromatic heterocycles. The molecule has 6 heteroatoms. The van der Waals surface area contributed by atoms with Gasteiger partial charge in [-0.3, -0.25) is 0 Å². The Morgan fingerprint density at radius 3 is 1.94 bits per heavy atom. The second kappa shape index (κ2) is 11.9. The fourth-order valence-electron chi connectivity index (χ4n) is 11.6.